The third-order valence-corrected chi connectivity index (χ3v) is 3.73. The quantitative estimate of drug-likeness (QED) is 0.818. The summed E-state index contributed by atoms with van der Waals surface area (Å²) in [5.74, 6) is 1.77. The van der Waals surface area contributed by atoms with Gasteiger partial charge in [0.1, 0.15) is 12.2 Å². The first kappa shape index (κ1) is 11.9. The van der Waals surface area contributed by atoms with E-state index in [2.05, 4.69) is 15.4 Å². The number of nitrogens with one attached hydrogen (secondary N) is 1. The van der Waals surface area contributed by atoms with Crippen LogP contribution in [0.3, 0.4) is 0 Å². The second-order valence-electron chi connectivity index (χ2n) is 4.55. The standard InChI is InChI=1S/C11H19ClN4/c1-16-11(14-8-15-16)7-13-6-9-2-4-10(12)5-3-9/h8-10,13H,2-7H2,1H3. The summed E-state index contributed by atoms with van der Waals surface area (Å²) in [5.41, 5.74) is 0. The molecule has 1 N–H and O–H groups in total. The van der Waals surface area contributed by atoms with Crippen LogP contribution in [0, 0.1) is 5.92 Å². The lowest BCUT2D eigenvalue weighted by Gasteiger charge is -2.25. The van der Waals surface area contributed by atoms with Crippen LogP contribution in [0.1, 0.15) is 31.5 Å². The Morgan fingerprint density at radius 3 is 2.81 bits per heavy atom. The summed E-state index contributed by atoms with van der Waals surface area (Å²) in [7, 11) is 1.92. The molecule has 0 spiro atoms. The molecule has 0 saturated heterocycles. The Labute approximate surface area is 101 Å². The minimum absolute atomic E-state index is 0.412. The van der Waals surface area contributed by atoms with Gasteiger partial charge in [0, 0.05) is 12.4 Å². The minimum Gasteiger partial charge on any atom is -0.310 e. The number of nitrogens with zero attached hydrogens (tertiary/aromatic N) is 3. The summed E-state index contributed by atoms with van der Waals surface area (Å²) < 4.78 is 1.81. The Morgan fingerprint density at radius 1 is 1.44 bits per heavy atom. The van der Waals surface area contributed by atoms with Crippen LogP contribution < -0.4 is 5.32 Å². The molecule has 1 aromatic heterocycles. The second-order valence-corrected chi connectivity index (χ2v) is 5.17. The molecule has 1 aliphatic carbocycles. The van der Waals surface area contributed by atoms with E-state index in [0.29, 0.717) is 5.38 Å². The van der Waals surface area contributed by atoms with Crippen molar-refractivity contribution in [3.8, 4) is 0 Å². The first-order valence-electron chi connectivity index (χ1n) is 5.93. The SMILES string of the molecule is Cn1ncnc1CNCC1CCC(Cl)CC1. The Bertz CT molecular complexity index is 318. The van der Waals surface area contributed by atoms with Crippen molar-refractivity contribution in [2.24, 2.45) is 13.0 Å². The molecule has 0 radical (unpaired) electrons. The van der Waals surface area contributed by atoms with Crippen LogP contribution in [0.2, 0.25) is 0 Å². The van der Waals surface area contributed by atoms with Gasteiger partial charge in [0.25, 0.3) is 0 Å². The molecule has 0 aliphatic heterocycles. The molecule has 2 rings (SSSR count). The first-order valence-corrected chi connectivity index (χ1v) is 6.37. The molecule has 5 heteroatoms. The fourth-order valence-corrected chi connectivity index (χ4v) is 2.45. The molecule has 1 heterocycles. The molecule has 1 saturated carbocycles. The van der Waals surface area contributed by atoms with Gasteiger partial charge in [0.15, 0.2) is 0 Å². The molecule has 0 bridgehead atoms. The van der Waals surface area contributed by atoms with Crippen LogP contribution in [0.5, 0.6) is 0 Å². The van der Waals surface area contributed by atoms with Gasteiger partial charge in [-0.3, -0.25) is 4.68 Å². The van der Waals surface area contributed by atoms with Crippen molar-refractivity contribution in [2.45, 2.75) is 37.6 Å². The third-order valence-electron chi connectivity index (χ3n) is 3.30. The molecular formula is C11H19ClN4. The van der Waals surface area contributed by atoms with Crippen molar-refractivity contribution < 1.29 is 0 Å². The zero-order chi connectivity index (χ0) is 11.4. The molecular weight excluding hydrogens is 224 g/mol. The van der Waals surface area contributed by atoms with E-state index in [-0.39, 0.29) is 0 Å². The van der Waals surface area contributed by atoms with Crippen molar-refractivity contribution in [3.05, 3.63) is 12.2 Å². The van der Waals surface area contributed by atoms with Crippen LogP contribution >= 0.6 is 11.6 Å². The average Bonchev–Trinajstić information content (AvgIpc) is 2.68. The van der Waals surface area contributed by atoms with E-state index >= 15 is 0 Å². The van der Waals surface area contributed by atoms with Crippen LogP contribution in [-0.2, 0) is 13.6 Å². The highest BCUT2D eigenvalue weighted by atomic mass is 35.5. The number of aryl methyl sites for hydroxylation is 1. The zero-order valence-corrected chi connectivity index (χ0v) is 10.5. The predicted molar refractivity (Wildman–Crippen MR) is 64.3 cm³/mol. The normalized spacial score (nSPS) is 25.9. The van der Waals surface area contributed by atoms with Crippen LogP contribution in [0.4, 0.5) is 0 Å². The molecule has 0 amide bonds. The highest BCUT2D eigenvalue weighted by molar-refractivity contribution is 6.20. The van der Waals surface area contributed by atoms with Gasteiger partial charge < -0.3 is 5.32 Å². The summed E-state index contributed by atoms with van der Waals surface area (Å²) in [6, 6.07) is 0. The molecule has 1 aliphatic rings. The van der Waals surface area contributed by atoms with Crippen LogP contribution in [0.25, 0.3) is 0 Å². The van der Waals surface area contributed by atoms with Gasteiger partial charge in [-0.05, 0) is 38.1 Å². The number of rotatable bonds is 4. The lowest BCUT2D eigenvalue weighted by molar-refractivity contribution is 0.343. The van der Waals surface area contributed by atoms with Crippen molar-refractivity contribution in [1.82, 2.24) is 20.1 Å². The van der Waals surface area contributed by atoms with E-state index in [9.17, 15) is 0 Å². The lowest BCUT2D eigenvalue weighted by Crippen LogP contribution is -2.27. The Balaban J connectivity index is 1.67. The Morgan fingerprint density at radius 2 is 2.19 bits per heavy atom. The van der Waals surface area contributed by atoms with E-state index in [1.165, 1.54) is 12.8 Å². The van der Waals surface area contributed by atoms with Gasteiger partial charge in [-0.1, -0.05) is 0 Å². The molecule has 90 valence electrons. The van der Waals surface area contributed by atoms with E-state index in [1.807, 2.05) is 11.7 Å². The smallest absolute Gasteiger partial charge is 0.140 e. The summed E-state index contributed by atoms with van der Waals surface area (Å²) in [6.45, 7) is 1.87. The highest BCUT2D eigenvalue weighted by Gasteiger charge is 2.18. The predicted octanol–water partition coefficient (Wildman–Crippen LogP) is 1.70. The Hall–Kier alpha value is -0.610. The summed E-state index contributed by atoms with van der Waals surface area (Å²) in [6.07, 6.45) is 6.42. The van der Waals surface area contributed by atoms with Gasteiger partial charge in [0.2, 0.25) is 0 Å². The monoisotopic (exact) mass is 242 g/mol. The molecule has 0 unspecified atom stereocenters. The number of aromatic nitrogens is 3. The van der Waals surface area contributed by atoms with E-state index < -0.39 is 0 Å². The maximum absolute atomic E-state index is 6.08. The molecule has 1 fully saturated rings. The van der Waals surface area contributed by atoms with Gasteiger partial charge in [0.05, 0.1) is 6.54 Å². The molecule has 0 aromatic carbocycles. The fourth-order valence-electron chi connectivity index (χ4n) is 2.19. The number of hydrogen-bond donors (Lipinski definition) is 1. The fraction of sp³-hybridized carbons (Fsp3) is 0.818. The summed E-state index contributed by atoms with van der Waals surface area (Å²) in [4.78, 5) is 4.18. The van der Waals surface area contributed by atoms with Gasteiger partial charge in [-0.25, -0.2) is 4.98 Å². The second kappa shape index (κ2) is 5.64. The third kappa shape index (κ3) is 3.19. The van der Waals surface area contributed by atoms with Crippen molar-refractivity contribution >= 4 is 11.6 Å². The summed E-state index contributed by atoms with van der Waals surface area (Å²) in [5, 5.41) is 7.90. The van der Waals surface area contributed by atoms with Gasteiger partial charge in [-0.15, -0.1) is 11.6 Å². The molecule has 1 aromatic rings. The number of hydrogen-bond acceptors (Lipinski definition) is 3. The number of halogens is 1. The topological polar surface area (TPSA) is 42.7 Å². The molecule has 16 heavy (non-hydrogen) atoms. The van der Waals surface area contributed by atoms with E-state index in [1.54, 1.807) is 6.33 Å². The summed E-state index contributed by atoms with van der Waals surface area (Å²) >= 11 is 6.08. The maximum atomic E-state index is 6.08. The Kier molecular flexibility index (Phi) is 4.18. The van der Waals surface area contributed by atoms with E-state index in [4.69, 9.17) is 11.6 Å². The largest absolute Gasteiger partial charge is 0.310 e. The van der Waals surface area contributed by atoms with Crippen LogP contribution in [-0.4, -0.2) is 26.7 Å². The minimum atomic E-state index is 0.412. The maximum Gasteiger partial charge on any atom is 0.140 e. The van der Waals surface area contributed by atoms with Crippen molar-refractivity contribution in [1.29, 1.82) is 0 Å². The lowest BCUT2D eigenvalue weighted by atomic mass is 9.89. The first-order chi connectivity index (χ1) is 7.75. The van der Waals surface area contributed by atoms with Crippen molar-refractivity contribution in [2.75, 3.05) is 6.54 Å². The average molecular weight is 243 g/mol. The molecule has 4 nitrogen and oxygen atoms in total. The van der Waals surface area contributed by atoms with Crippen molar-refractivity contribution in [3.63, 3.8) is 0 Å². The van der Waals surface area contributed by atoms with Crippen LogP contribution in [0.15, 0.2) is 6.33 Å². The van der Waals surface area contributed by atoms with E-state index in [0.717, 1.165) is 37.7 Å². The highest BCUT2D eigenvalue weighted by Crippen LogP contribution is 2.26. The molecule has 0 atom stereocenters. The number of alkyl halides is 1. The van der Waals surface area contributed by atoms with Gasteiger partial charge >= 0.3 is 0 Å². The zero-order valence-electron chi connectivity index (χ0n) is 9.69. The van der Waals surface area contributed by atoms with Gasteiger partial charge in [-0.2, -0.15) is 5.10 Å².